The van der Waals surface area contributed by atoms with Crippen molar-refractivity contribution < 1.29 is 9.90 Å². The number of hydrogen-bond donors (Lipinski definition) is 2. The van der Waals surface area contributed by atoms with Gasteiger partial charge in [-0.25, -0.2) is 0 Å². The minimum atomic E-state index is -0.491. The number of ketones is 1. The average molecular weight is 309 g/mol. The predicted octanol–water partition coefficient (Wildman–Crippen LogP) is 2.38. The van der Waals surface area contributed by atoms with Crippen LogP contribution in [0.15, 0.2) is 60.7 Å². The monoisotopic (exact) mass is 309 g/mol. The number of carbonyl (C=O) groups excluding carboxylic acids is 1. The first kappa shape index (κ1) is 15.9. The third-order valence-corrected chi connectivity index (χ3v) is 4.78. The van der Waals surface area contributed by atoms with Crippen LogP contribution in [0.3, 0.4) is 0 Å². The van der Waals surface area contributed by atoms with Gasteiger partial charge in [-0.2, -0.15) is 0 Å². The maximum atomic E-state index is 13.1. The maximum Gasteiger partial charge on any atom is 0.157 e. The van der Waals surface area contributed by atoms with Crippen LogP contribution in [0, 0.1) is 5.41 Å². The maximum absolute atomic E-state index is 13.1. The molecule has 0 amide bonds. The van der Waals surface area contributed by atoms with Crippen molar-refractivity contribution in [2.75, 3.05) is 13.2 Å². The summed E-state index contributed by atoms with van der Waals surface area (Å²) in [5, 5.41) is 12.9. The smallest absolute Gasteiger partial charge is 0.157 e. The van der Waals surface area contributed by atoms with Crippen molar-refractivity contribution in [3.05, 3.63) is 71.8 Å². The number of carbonyl (C=O) groups is 1. The fourth-order valence-electron chi connectivity index (χ4n) is 3.53. The summed E-state index contributed by atoms with van der Waals surface area (Å²) < 4.78 is 0. The summed E-state index contributed by atoms with van der Waals surface area (Å²) in [6.07, 6.45) is 1.91. The fourth-order valence-corrected chi connectivity index (χ4v) is 3.53. The molecular formula is C20H23NO2. The first-order valence-electron chi connectivity index (χ1n) is 8.20. The van der Waals surface area contributed by atoms with Gasteiger partial charge in [0.1, 0.15) is 0 Å². The molecule has 0 aromatic heterocycles. The summed E-state index contributed by atoms with van der Waals surface area (Å²) in [5.41, 5.74) is 1.82. The van der Waals surface area contributed by atoms with Gasteiger partial charge in [0.15, 0.2) is 5.78 Å². The van der Waals surface area contributed by atoms with E-state index in [0.29, 0.717) is 25.8 Å². The Balaban J connectivity index is 1.77. The zero-order valence-electron chi connectivity index (χ0n) is 13.2. The van der Waals surface area contributed by atoms with Crippen molar-refractivity contribution in [1.82, 2.24) is 5.32 Å². The Bertz CT molecular complexity index is 641. The molecule has 2 atom stereocenters. The highest BCUT2D eigenvalue weighted by molar-refractivity contribution is 5.92. The Morgan fingerprint density at radius 2 is 1.61 bits per heavy atom. The van der Waals surface area contributed by atoms with E-state index in [9.17, 15) is 9.90 Å². The molecule has 0 spiro atoms. The Morgan fingerprint density at radius 3 is 2.22 bits per heavy atom. The second-order valence-corrected chi connectivity index (χ2v) is 6.40. The lowest BCUT2D eigenvalue weighted by Crippen LogP contribution is -2.36. The van der Waals surface area contributed by atoms with E-state index in [-0.39, 0.29) is 18.4 Å². The van der Waals surface area contributed by atoms with E-state index in [4.69, 9.17) is 0 Å². The Labute approximate surface area is 137 Å². The highest BCUT2D eigenvalue weighted by Gasteiger charge is 2.46. The molecule has 3 nitrogen and oxygen atoms in total. The molecule has 0 saturated carbocycles. The summed E-state index contributed by atoms with van der Waals surface area (Å²) in [4.78, 5) is 13.1. The molecule has 1 aliphatic heterocycles. The van der Waals surface area contributed by atoms with Crippen LogP contribution in [0.5, 0.6) is 0 Å². The van der Waals surface area contributed by atoms with Gasteiger partial charge in [-0.05, 0) is 30.4 Å². The van der Waals surface area contributed by atoms with Gasteiger partial charge >= 0.3 is 0 Å². The second kappa shape index (κ2) is 7.07. The SMILES string of the molecule is O=C1C(Cc2ccccc2)NCC1(CCO)Cc1ccccc1. The van der Waals surface area contributed by atoms with Crippen molar-refractivity contribution in [3.8, 4) is 0 Å². The number of hydrogen-bond acceptors (Lipinski definition) is 3. The quantitative estimate of drug-likeness (QED) is 0.861. The molecular weight excluding hydrogens is 286 g/mol. The molecule has 2 aromatic carbocycles. The number of rotatable bonds is 6. The molecule has 2 unspecified atom stereocenters. The van der Waals surface area contributed by atoms with Gasteiger partial charge in [-0.3, -0.25) is 4.79 Å². The van der Waals surface area contributed by atoms with E-state index in [1.807, 2.05) is 36.4 Å². The molecule has 0 radical (unpaired) electrons. The molecule has 1 fully saturated rings. The van der Waals surface area contributed by atoms with Crippen molar-refractivity contribution in [2.24, 2.45) is 5.41 Å². The van der Waals surface area contributed by atoms with Gasteiger partial charge in [0.2, 0.25) is 0 Å². The molecule has 1 saturated heterocycles. The van der Waals surface area contributed by atoms with Crippen molar-refractivity contribution in [3.63, 3.8) is 0 Å². The highest BCUT2D eigenvalue weighted by Crippen LogP contribution is 2.34. The molecule has 2 aromatic rings. The van der Waals surface area contributed by atoms with Crippen LogP contribution < -0.4 is 5.32 Å². The van der Waals surface area contributed by atoms with E-state index >= 15 is 0 Å². The van der Waals surface area contributed by atoms with Crippen LogP contribution >= 0.6 is 0 Å². The number of aliphatic hydroxyl groups is 1. The predicted molar refractivity (Wildman–Crippen MR) is 91.2 cm³/mol. The number of nitrogens with one attached hydrogen (secondary N) is 1. The first-order valence-corrected chi connectivity index (χ1v) is 8.20. The lowest BCUT2D eigenvalue weighted by atomic mass is 9.75. The van der Waals surface area contributed by atoms with Gasteiger partial charge in [0.25, 0.3) is 0 Å². The summed E-state index contributed by atoms with van der Waals surface area (Å²) in [6.45, 7) is 0.678. The lowest BCUT2D eigenvalue weighted by molar-refractivity contribution is -0.127. The summed E-state index contributed by atoms with van der Waals surface area (Å²) >= 11 is 0. The van der Waals surface area contributed by atoms with Gasteiger partial charge in [-0.15, -0.1) is 0 Å². The van der Waals surface area contributed by atoms with Crippen LogP contribution in [-0.4, -0.2) is 30.1 Å². The molecule has 3 rings (SSSR count). The molecule has 2 N–H and O–H groups in total. The van der Waals surface area contributed by atoms with E-state index in [1.54, 1.807) is 0 Å². The zero-order chi connectivity index (χ0) is 16.1. The van der Waals surface area contributed by atoms with Crippen LogP contribution in [0.1, 0.15) is 17.5 Å². The third kappa shape index (κ3) is 3.52. The second-order valence-electron chi connectivity index (χ2n) is 6.40. The molecule has 120 valence electrons. The van der Waals surface area contributed by atoms with Gasteiger partial charge < -0.3 is 10.4 Å². The standard InChI is InChI=1S/C20H23NO2/c22-12-11-20(14-17-9-5-2-6-10-17)15-21-18(19(20)23)13-16-7-3-1-4-8-16/h1-10,18,21-22H,11-15H2. The minimum absolute atomic E-state index is 0.0400. The molecule has 3 heteroatoms. The minimum Gasteiger partial charge on any atom is -0.396 e. The van der Waals surface area contributed by atoms with Gasteiger partial charge in [0.05, 0.1) is 6.04 Å². The number of aliphatic hydroxyl groups excluding tert-OH is 1. The number of benzene rings is 2. The summed E-state index contributed by atoms with van der Waals surface area (Å²) in [6, 6.07) is 20.0. The molecule has 0 aliphatic carbocycles. The van der Waals surface area contributed by atoms with Crippen LogP contribution in [0.2, 0.25) is 0 Å². The van der Waals surface area contributed by atoms with Gasteiger partial charge in [-0.1, -0.05) is 60.7 Å². The van der Waals surface area contributed by atoms with Crippen LogP contribution in [0.4, 0.5) is 0 Å². The fraction of sp³-hybridized carbons (Fsp3) is 0.350. The largest absolute Gasteiger partial charge is 0.396 e. The molecule has 1 heterocycles. The summed E-state index contributed by atoms with van der Waals surface area (Å²) in [7, 11) is 0. The third-order valence-electron chi connectivity index (χ3n) is 4.78. The lowest BCUT2D eigenvalue weighted by Gasteiger charge is -2.26. The molecule has 1 aliphatic rings. The van der Waals surface area contributed by atoms with E-state index in [0.717, 1.165) is 11.1 Å². The van der Waals surface area contributed by atoms with Gasteiger partial charge in [0, 0.05) is 18.6 Å². The molecule has 23 heavy (non-hydrogen) atoms. The van der Waals surface area contributed by atoms with E-state index in [1.165, 1.54) is 0 Å². The average Bonchev–Trinajstić information content (AvgIpc) is 2.87. The highest BCUT2D eigenvalue weighted by atomic mass is 16.3. The summed E-state index contributed by atoms with van der Waals surface area (Å²) in [5.74, 6) is 0.235. The van der Waals surface area contributed by atoms with Crippen molar-refractivity contribution in [1.29, 1.82) is 0 Å². The van der Waals surface area contributed by atoms with Crippen LogP contribution in [-0.2, 0) is 17.6 Å². The Kier molecular flexibility index (Phi) is 4.89. The zero-order valence-corrected chi connectivity index (χ0v) is 13.2. The van der Waals surface area contributed by atoms with E-state index in [2.05, 4.69) is 29.6 Å². The molecule has 0 bridgehead atoms. The van der Waals surface area contributed by atoms with Crippen molar-refractivity contribution in [2.45, 2.75) is 25.3 Å². The van der Waals surface area contributed by atoms with Crippen LogP contribution in [0.25, 0.3) is 0 Å². The topological polar surface area (TPSA) is 49.3 Å². The normalized spacial score (nSPS) is 24.0. The van der Waals surface area contributed by atoms with Crippen molar-refractivity contribution >= 4 is 5.78 Å². The first-order chi connectivity index (χ1) is 11.2. The Hall–Kier alpha value is -1.97. The number of Topliss-reactive ketones (excluding diaryl/α,β-unsaturated/α-hetero) is 1. The Morgan fingerprint density at radius 1 is 1.00 bits per heavy atom. The van der Waals surface area contributed by atoms with E-state index < -0.39 is 5.41 Å².